The molecule has 4 heteroatoms. The minimum absolute atomic E-state index is 0.664. The third kappa shape index (κ3) is 2.65. The van der Waals surface area contributed by atoms with Crippen molar-refractivity contribution in [2.24, 2.45) is 0 Å². The maximum Gasteiger partial charge on any atom is 0.203 e. The summed E-state index contributed by atoms with van der Waals surface area (Å²) in [5.74, 6) is 2.14. The molecule has 1 aromatic carbocycles. The standard InChI is InChI=1S/C11H18O3Si/c1-12-9-6-8(4-5-15)7-10(13-2)11(9)14-3/h6-7H,4-5H2,1-3,15H3. The van der Waals surface area contributed by atoms with Gasteiger partial charge < -0.3 is 14.2 Å². The third-order valence-electron chi connectivity index (χ3n) is 2.26. The molecule has 1 rings (SSSR count). The molecule has 0 heterocycles. The Morgan fingerprint density at radius 2 is 1.53 bits per heavy atom. The van der Waals surface area contributed by atoms with Crippen molar-refractivity contribution in [3.63, 3.8) is 0 Å². The first kappa shape index (κ1) is 11.9. The Balaban J connectivity index is 3.16. The van der Waals surface area contributed by atoms with Crippen LogP contribution in [-0.2, 0) is 6.42 Å². The highest BCUT2D eigenvalue weighted by Crippen LogP contribution is 2.38. The van der Waals surface area contributed by atoms with Crippen molar-refractivity contribution in [2.75, 3.05) is 21.3 Å². The molecule has 0 spiro atoms. The molecule has 0 atom stereocenters. The van der Waals surface area contributed by atoms with Gasteiger partial charge in [0, 0.05) is 10.2 Å². The summed E-state index contributed by atoms with van der Waals surface area (Å²) in [5.41, 5.74) is 1.24. The summed E-state index contributed by atoms with van der Waals surface area (Å²) < 4.78 is 15.8. The highest BCUT2D eigenvalue weighted by molar-refractivity contribution is 6.08. The van der Waals surface area contributed by atoms with Crippen molar-refractivity contribution in [1.82, 2.24) is 0 Å². The summed E-state index contributed by atoms with van der Waals surface area (Å²) in [7, 11) is 6.11. The summed E-state index contributed by atoms with van der Waals surface area (Å²) in [6, 6.07) is 5.26. The van der Waals surface area contributed by atoms with E-state index >= 15 is 0 Å². The van der Waals surface area contributed by atoms with Gasteiger partial charge in [0.05, 0.1) is 21.3 Å². The lowest BCUT2D eigenvalue weighted by molar-refractivity contribution is 0.324. The Labute approximate surface area is 93.8 Å². The van der Waals surface area contributed by atoms with Crippen LogP contribution in [0.2, 0.25) is 6.04 Å². The average molecular weight is 226 g/mol. The molecule has 0 N–H and O–H groups in total. The van der Waals surface area contributed by atoms with Gasteiger partial charge in [-0.05, 0) is 24.1 Å². The maximum absolute atomic E-state index is 5.27. The van der Waals surface area contributed by atoms with Crippen LogP contribution in [-0.4, -0.2) is 31.6 Å². The van der Waals surface area contributed by atoms with E-state index in [1.54, 1.807) is 21.3 Å². The first-order valence-corrected chi connectivity index (χ1v) is 6.47. The first-order valence-electron chi connectivity index (χ1n) is 5.05. The van der Waals surface area contributed by atoms with Crippen LogP contribution in [0.1, 0.15) is 5.56 Å². The molecule has 0 bridgehead atoms. The van der Waals surface area contributed by atoms with E-state index in [0.717, 1.165) is 17.9 Å². The predicted molar refractivity (Wildman–Crippen MR) is 64.5 cm³/mol. The Morgan fingerprint density at radius 1 is 1.00 bits per heavy atom. The quantitative estimate of drug-likeness (QED) is 0.702. The summed E-state index contributed by atoms with van der Waals surface area (Å²) in [6.07, 6.45) is 1.07. The number of benzene rings is 1. The average Bonchev–Trinajstić information content (AvgIpc) is 2.28. The minimum atomic E-state index is 0.664. The molecule has 0 aliphatic carbocycles. The second-order valence-corrected chi connectivity index (χ2v) is 4.28. The fourth-order valence-electron chi connectivity index (χ4n) is 1.57. The second-order valence-electron chi connectivity index (χ2n) is 3.28. The number of rotatable bonds is 5. The van der Waals surface area contributed by atoms with Gasteiger partial charge in [-0.3, -0.25) is 0 Å². The van der Waals surface area contributed by atoms with E-state index in [1.807, 2.05) is 12.1 Å². The van der Waals surface area contributed by atoms with Crippen molar-refractivity contribution in [3.05, 3.63) is 17.7 Å². The van der Waals surface area contributed by atoms with Crippen LogP contribution in [0.5, 0.6) is 17.2 Å². The topological polar surface area (TPSA) is 27.7 Å². The zero-order valence-electron chi connectivity index (χ0n) is 9.79. The van der Waals surface area contributed by atoms with Crippen LogP contribution >= 0.6 is 0 Å². The molecular formula is C11H18O3Si. The van der Waals surface area contributed by atoms with Crippen LogP contribution in [0.4, 0.5) is 0 Å². The van der Waals surface area contributed by atoms with E-state index in [-0.39, 0.29) is 0 Å². The molecule has 0 radical (unpaired) electrons. The number of hydrogen-bond acceptors (Lipinski definition) is 3. The van der Waals surface area contributed by atoms with E-state index in [1.165, 1.54) is 21.9 Å². The van der Waals surface area contributed by atoms with Crippen molar-refractivity contribution in [1.29, 1.82) is 0 Å². The number of aryl methyl sites for hydroxylation is 1. The zero-order valence-corrected chi connectivity index (χ0v) is 11.8. The van der Waals surface area contributed by atoms with Crippen molar-refractivity contribution in [3.8, 4) is 17.2 Å². The van der Waals surface area contributed by atoms with Crippen molar-refractivity contribution >= 4 is 10.2 Å². The normalized spacial score (nSPS) is 10.1. The highest BCUT2D eigenvalue weighted by Gasteiger charge is 2.12. The molecule has 0 aromatic heterocycles. The van der Waals surface area contributed by atoms with Crippen molar-refractivity contribution < 1.29 is 14.2 Å². The minimum Gasteiger partial charge on any atom is -0.493 e. The van der Waals surface area contributed by atoms with Crippen LogP contribution < -0.4 is 14.2 Å². The van der Waals surface area contributed by atoms with Gasteiger partial charge in [0.15, 0.2) is 11.5 Å². The monoisotopic (exact) mass is 226 g/mol. The van der Waals surface area contributed by atoms with Crippen molar-refractivity contribution in [2.45, 2.75) is 12.5 Å². The molecule has 0 aliphatic heterocycles. The lowest BCUT2D eigenvalue weighted by Gasteiger charge is -2.13. The molecule has 0 unspecified atom stereocenters. The summed E-state index contributed by atoms with van der Waals surface area (Å²) in [6.45, 7) is 0. The summed E-state index contributed by atoms with van der Waals surface area (Å²) >= 11 is 0. The van der Waals surface area contributed by atoms with Gasteiger partial charge in [-0.15, -0.1) is 0 Å². The van der Waals surface area contributed by atoms with Crippen LogP contribution in [0.15, 0.2) is 12.1 Å². The second kappa shape index (κ2) is 5.65. The third-order valence-corrected chi connectivity index (χ3v) is 2.76. The predicted octanol–water partition coefficient (Wildman–Crippen LogP) is 1.04. The molecular weight excluding hydrogens is 208 g/mol. The largest absolute Gasteiger partial charge is 0.493 e. The number of methoxy groups -OCH3 is 3. The van der Waals surface area contributed by atoms with Gasteiger partial charge in [0.2, 0.25) is 5.75 Å². The Hall–Kier alpha value is -1.16. The van der Waals surface area contributed by atoms with Crippen LogP contribution in [0.3, 0.4) is 0 Å². The van der Waals surface area contributed by atoms with E-state index in [0.29, 0.717) is 5.75 Å². The fourth-order valence-corrected chi connectivity index (χ4v) is 2.15. The fraction of sp³-hybridized carbons (Fsp3) is 0.455. The lowest BCUT2D eigenvalue weighted by Crippen LogP contribution is -1.97. The van der Waals surface area contributed by atoms with E-state index < -0.39 is 0 Å². The van der Waals surface area contributed by atoms with Gasteiger partial charge in [0.25, 0.3) is 0 Å². The number of ether oxygens (including phenoxy) is 3. The van der Waals surface area contributed by atoms with E-state index in [2.05, 4.69) is 0 Å². The molecule has 0 fully saturated rings. The molecule has 84 valence electrons. The Morgan fingerprint density at radius 3 is 1.87 bits per heavy atom. The number of hydrogen-bond donors (Lipinski definition) is 0. The maximum atomic E-state index is 5.27. The summed E-state index contributed by atoms with van der Waals surface area (Å²) in [5, 5.41) is 0. The lowest BCUT2D eigenvalue weighted by atomic mass is 10.1. The van der Waals surface area contributed by atoms with E-state index in [4.69, 9.17) is 14.2 Å². The van der Waals surface area contributed by atoms with Gasteiger partial charge in [-0.2, -0.15) is 0 Å². The molecule has 0 aliphatic rings. The molecule has 0 saturated carbocycles. The van der Waals surface area contributed by atoms with Gasteiger partial charge in [-0.1, -0.05) is 6.04 Å². The van der Waals surface area contributed by atoms with Gasteiger partial charge in [-0.25, -0.2) is 0 Å². The molecule has 15 heavy (non-hydrogen) atoms. The highest BCUT2D eigenvalue weighted by atomic mass is 28.1. The Kier molecular flexibility index (Phi) is 4.49. The molecule has 0 amide bonds. The molecule has 1 aromatic rings. The van der Waals surface area contributed by atoms with Crippen LogP contribution in [0, 0.1) is 0 Å². The SMILES string of the molecule is COc1cc(CC[SiH3])cc(OC)c1OC. The zero-order chi connectivity index (χ0) is 11.3. The van der Waals surface area contributed by atoms with Gasteiger partial charge >= 0.3 is 0 Å². The molecule has 3 nitrogen and oxygen atoms in total. The smallest absolute Gasteiger partial charge is 0.203 e. The molecule has 0 saturated heterocycles. The van der Waals surface area contributed by atoms with Crippen LogP contribution in [0.25, 0.3) is 0 Å². The van der Waals surface area contributed by atoms with Gasteiger partial charge in [0.1, 0.15) is 0 Å². The Bertz CT molecular complexity index is 301. The van der Waals surface area contributed by atoms with E-state index in [9.17, 15) is 0 Å². The first-order chi connectivity index (χ1) is 7.26. The summed E-state index contributed by atoms with van der Waals surface area (Å²) in [4.78, 5) is 0.